The lowest BCUT2D eigenvalue weighted by Crippen LogP contribution is -2.07. The summed E-state index contributed by atoms with van der Waals surface area (Å²) in [5, 5.41) is 3.55. The average molecular weight is 242 g/mol. The molecule has 0 amide bonds. The summed E-state index contributed by atoms with van der Waals surface area (Å²) in [5.74, 6) is -0.0459. The van der Waals surface area contributed by atoms with Crippen LogP contribution in [0.25, 0.3) is 11.3 Å². The predicted molar refractivity (Wildman–Crippen MR) is 56.1 cm³/mol. The lowest BCUT2D eigenvalue weighted by molar-refractivity contribution is -0.137. The zero-order valence-corrected chi connectivity index (χ0v) is 8.88. The van der Waals surface area contributed by atoms with E-state index in [1.165, 1.54) is 18.2 Å². The van der Waals surface area contributed by atoms with Gasteiger partial charge in [-0.25, -0.2) is 0 Å². The highest BCUT2D eigenvalue weighted by molar-refractivity contribution is 5.75. The van der Waals surface area contributed by atoms with Crippen LogP contribution in [0.15, 0.2) is 28.8 Å². The number of aromatic nitrogens is 1. The number of nitrogen functional groups attached to an aromatic ring is 1. The van der Waals surface area contributed by atoms with Gasteiger partial charge in [-0.1, -0.05) is 23.4 Å². The number of hydrogen-bond donors (Lipinski definition) is 1. The van der Waals surface area contributed by atoms with Gasteiger partial charge >= 0.3 is 6.18 Å². The van der Waals surface area contributed by atoms with Crippen LogP contribution in [0.5, 0.6) is 0 Å². The second-order valence-electron chi connectivity index (χ2n) is 3.55. The minimum atomic E-state index is -4.45. The van der Waals surface area contributed by atoms with E-state index in [0.29, 0.717) is 5.69 Å². The third kappa shape index (κ3) is 1.98. The van der Waals surface area contributed by atoms with E-state index in [4.69, 9.17) is 10.3 Å². The summed E-state index contributed by atoms with van der Waals surface area (Å²) in [5.41, 5.74) is 5.23. The second-order valence-corrected chi connectivity index (χ2v) is 3.55. The summed E-state index contributed by atoms with van der Waals surface area (Å²) in [6, 6.07) is 5.08. The van der Waals surface area contributed by atoms with E-state index >= 15 is 0 Å². The van der Waals surface area contributed by atoms with Crippen molar-refractivity contribution in [3.05, 3.63) is 35.5 Å². The fourth-order valence-electron chi connectivity index (χ4n) is 1.50. The van der Waals surface area contributed by atoms with Gasteiger partial charge in [0.1, 0.15) is 11.4 Å². The van der Waals surface area contributed by atoms with Crippen LogP contribution in [-0.4, -0.2) is 5.16 Å². The molecule has 2 rings (SSSR count). The maximum Gasteiger partial charge on any atom is 0.417 e. The van der Waals surface area contributed by atoms with Gasteiger partial charge in [0.15, 0.2) is 5.76 Å². The Morgan fingerprint density at radius 1 is 1.24 bits per heavy atom. The van der Waals surface area contributed by atoms with Crippen molar-refractivity contribution in [2.75, 3.05) is 5.73 Å². The number of alkyl halides is 3. The van der Waals surface area contributed by atoms with Crippen molar-refractivity contribution >= 4 is 5.69 Å². The highest BCUT2D eigenvalue weighted by Gasteiger charge is 2.34. The summed E-state index contributed by atoms with van der Waals surface area (Å²) in [6.07, 6.45) is -4.45. The lowest BCUT2D eigenvalue weighted by Gasteiger charge is -2.10. The fourth-order valence-corrected chi connectivity index (χ4v) is 1.50. The maximum atomic E-state index is 12.8. The molecular formula is C11H9F3N2O. The molecular weight excluding hydrogens is 233 g/mol. The fraction of sp³-hybridized carbons (Fsp3) is 0.182. The summed E-state index contributed by atoms with van der Waals surface area (Å²) in [4.78, 5) is 0. The summed E-state index contributed by atoms with van der Waals surface area (Å²) in [7, 11) is 0. The number of aryl methyl sites for hydroxylation is 1. The van der Waals surface area contributed by atoms with Crippen LogP contribution in [0.1, 0.15) is 11.3 Å². The number of benzene rings is 1. The normalized spacial score (nSPS) is 11.8. The molecule has 6 heteroatoms. The Kier molecular flexibility index (Phi) is 2.57. The highest BCUT2D eigenvalue weighted by Crippen LogP contribution is 2.39. The van der Waals surface area contributed by atoms with E-state index in [1.807, 2.05) is 0 Å². The Balaban J connectivity index is 2.64. The molecule has 1 aromatic carbocycles. The molecule has 0 unspecified atom stereocenters. The van der Waals surface area contributed by atoms with Crippen molar-refractivity contribution in [2.24, 2.45) is 0 Å². The van der Waals surface area contributed by atoms with Crippen molar-refractivity contribution < 1.29 is 17.7 Å². The smallest absolute Gasteiger partial charge is 0.394 e. The van der Waals surface area contributed by atoms with Crippen LogP contribution in [0, 0.1) is 6.92 Å². The number of nitrogens with two attached hydrogens (primary N) is 1. The van der Waals surface area contributed by atoms with Crippen LogP contribution in [0.4, 0.5) is 18.9 Å². The third-order valence-electron chi connectivity index (χ3n) is 2.39. The van der Waals surface area contributed by atoms with Gasteiger partial charge in [0.05, 0.1) is 5.56 Å². The zero-order chi connectivity index (χ0) is 12.6. The molecule has 0 radical (unpaired) electrons. The van der Waals surface area contributed by atoms with Crippen molar-refractivity contribution in [1.82, 2.24) is 5.16 Å². The molecule has 2 aromatic rings. The number of hydrogen-bond acceptors (Lipinski definition) is 3. The number of rotatable bonds is 1. The van der Waals surface area contributed by atoms with Gasteiger partial charge in [-0.15, -0.1) is 0 Å². The van der Waals surface area contributed by atoms with Crippen LogP contribution in [0.3, 0.4) is 0 Å². The molecule has 0 aliphatic rings. The lowest BCUT2D eigenvalue weighted by atomic mass is 10.0. The van der Waals surface area contributed by atoms with Crippen molar-refractivity contribution in [3.63, 3.8) is 0 Å². The molecule has 0 saturated carbocycles. The molecule has 1 heterocycles. The molecule has 3 nitrogen and oxygen atoms in total. The Bertz CT molecular complexity index is 546. The topological polar surface area (TPSA) is 52.0 Å². The van der Waals surface area contributed by atoms with Crippen molar-refractivity contribution in [1.29, 1.82) is 0 Å². The Morgan fingerprint density at radius 3 is 2.41 bits per heavy atom. The Hall–Kier alpha value is -1.98. The van der Waals surface area contributed by atoms with Gasteiger partial charge in [-0.2, -0.15) is 13.2 Å². The van der Waals surface area contributed by atoms with Gasteiger partial charge in [-0.05, 0) is 13.0 Å². The first-order valence-corrected chi connectivity index (χ1v) is 4.79. The molecule has 2 N–H and O–H groups in total. The molecule has 0 fully saturated rings. The second kappa shape index (κ2) is 3.80. The molecule has 0 bridgehead atoms. The first kappa shape index (κ1) is 11.5. The van der Waals surface area contributed by atoms with Crippen LogP contribution in [0.2, 0.25) is 0 Å². The van der Waals surface area contributed by atoms with E-state index in [-0.39, 0.29) is 17.0 Å². The zero-order valence-electron chi connectivity index (χ0n) is 8.88. The quantitative estimate of drug-likeness (QED) is 0.835. The Morgan fingerprint density at radius 2 is 1.88 bits per heavy atom. The first-order valence-electron chi connectivity index (χ1n) is 4.79. The van der Waals surface area contributed by atoms with Gasteiger partial charge in [-0.3, -0.25) is 0 Å². The van der Waals surface area contributed by atoms with Crippen molar-refractivity contribution in [3.8, 4) is 11.3 Å². The van der Waals surface area contributed by atoms with Gasteiger partial charge in [0, 0.05) is 5.56 Å². The standard InChI is InChI=1S/C11H9F3N2O/c1-6-9(15)10(17-16-6)7-4-2-3-5-8(7)11(12,13)14/h2-5H,15H2,1H3. The molecule has 90 valence electrons. The number of nitrogens with zero attached hydrogens (tertiary/aromatic N) is 1. The molecule has 1 aromatic heterocycles. The van der Waals surface area contributed by atoms with E-state index in [1.54, 1.807) is 6.92 Å². The van der Waals surface area contributed by atoms with Crippen LogP contribution < -0.4 is 5.73 Å². The maximum absolute atomic E-state index is 12.8. The summed E-state index contributed by atoms with van der Waals surface area (Å²) in [6.45, 7) is 1.57. The monoisotopic (exact) mass is 242 g/mol. The number of anilines is 1. The summed E-state index contributed by atoms with van der Waals surface area (Å²) < 4.78 is 43.2. The van der Waals surface area contributed by atoms with E-state index in [0.717, 1.165) is 6.07 Å². The van der Waals surface area contributed by atoms with Crippen LogP contribution >= 0.6 is 0 Å². The minimum Gasteiger partial charge on any atom is -0.394 e. The van der Waals surface area contributed by atoms with Crippen LogP contribution in [-0.2, 0) is 6.18 Å². The van der Waals surface area contributed by atoms with Gasteiger partial charge in [0.25, 0.3) is 0 Å². The van der Waals surface area contributed by atoms with Gasteiger partial charge < -0.3 is 10.3 Å². The molecule has 0 aliphatic heterocycles. The SMILES string of the molecule is Cc1noc(-c2ccccc2C(F)(F)F)c1N. The molecule has 0 aliphatic carbocycles. The van der Waals surface area contributed by atoms with Crippen molar-refractivity contribution in [2.45, 2.75) is 13.1 Å². The Labute approximate surface area is 95.0 Å². The molecule has 0 saturated heterocycles. The van der Waals surface area contributed by atoms with E-state index in [2.05, 4.69) is 5.16 Å². The number of halogens is 3. The highest BCUT2D eigenvalue weighted by atomic mass is 19.4. The average Bonchev–Trinajstić information content (AvgIpc) is 2.59. The van der Waals surface area contributed by atoms with Gasteiger partial charge in [0.2, 0.25) is 0 Å². The first-order chi connectivity index (χ1) is 7.91. The van der Waals surface area contributed by atoms with E-state index < -0.39 is 11.7 Å². The predicted octanol–water partition coefficient (Wildman–Crippen LogP) is 3.25. The largest absolute Gasteiger partial charge is 0.417 e. The minimum absolute atomic E-state index is 0.0459. The molecule has 0 spiro atoms. The molecule has 0 atom stereocenters. The summed E-state index contributed by atoms with van der Waals surface area (Å²) >= 11 is 0. The third-order valence-corrected chi connectivity index (χ3v) is 2.39. The molecule has 17 heavy (non-hydrogen) atoms. The van der Waals surface area contributed by atoms with E-state index in [9.17, 15) is 13.2 Å².